The van der Waals surface area contributed by atoms with Crippen LogP contribution >= 0.6 is 0 Å². The van der Waals surface area contributed by atoms with Gasteiger partial charge in [0.1, 0.15) is 0 Å². The average Bonchev–Trinajstić information content (AvgIpc) is 2.43. The summed E-state index contributed by atoms with van der Waals surface area (Å²) in [4.78, 5) is 2.48. The highest BCUT2D eigenvalue weighted by Crippen LogP contribution is 2.32. The van der Waals surface area contributed by atoms with Crippen LogP contribution in [0.3, 0.4) is 0 Å². The van der Waals surface area contributed by atoms with E-state index in [4.69, 9.17) is 0 Å². The van der Waals surface area contributed by atoms with E-state index >= 15 is 0 Å². The van der Waals surface area contributed by atoms with E-state index in [1.807, 2.05) is 0 Å². The Morgan fingerprint density at radius 1 is 1.33 bits per heavy atom. The second kappa shape index (κ2) is 3.00. The van der Waals surface area contributed by atoms with Gasteiger partial charge in [-0.05, 0) is 31.3 Å². The molecule has 0 spiro atoms. The fourth-order valence-corrected chi connectivity index (χ4v) is 2.91. The lowest BCUT2D eigenvalue weighted by molar-refractivity contribution is 0.315. The number of rotatable bonds is 1. The summed E-state index contributed by atoms with van der Waals surface area (Å²) in [5, 5.41) is 3.65. The Morgan fingerprint density at radius 3 is 2.75 bits per heavy atom. The molecule has 70 valence electrons. The van der Waals surface area contributed by atoms with Crippen molar-refractivity contribution in [2.45, 2.75) is 19.9 Å². The molecule has 0 amide bonds. The average molecular weight is 168 g/mol. The fraction of sp³-hybridized carbons (Fsp3) is 1.00. The van der Waals surface area contributed by atoms with Crippen LogP contribution in [0.25, 0.3) is 0 Å². The molecule has 2 fully saturated rings. The van der Waals surface area contributed by atoms with Gasteiger partial charge in [0, 0.05) is 19.1 Å². The monoisotopic (exact) mass is 168 g/mol. The second-order valence-corrected chi connectivity index (χ2v) is 4.82. The van der Waals surface area contributed by atoms with Crippen LogP contribution in [0.1, 0.15) is 13.8 Å². The number of likely N-dealkylation sites (tertiary alicyclic amines) is 1. The third-order valence-electron chi connectivity index (χ3n) is 3.47. The van der Waals surface area contributed by atoms with Gasteiger partial charge in [-0.1, -0.05) is 13.8 Å². The van der Waals surface area contributed by atoms with E-state index in [0.717, 1.165) is 23.8 Å². The topological polar surface area (TPSA) is 15.3 Å². The van der Waals surface area contributed by atoms with Crippen LogP contribution in [0.2, 0.25) is 0 Å². The highest BCUT2D eigenvalue weighted by Gasteiger charge is 2.42. The lowest BCUT2D eigenvalue weighted by Crippen LogP contribution is -2.35. The summed E-state index contributed by atoms with van der Waals surface area (Å²) < 4.78 is 0. The molecule has 2 heterocycles. The maximum Gasteiger partial charge on any atom is 0.0134 e. The van der Waals surface area contributed by atoms with Crippen molar-refractivity contribution in [3.63, 3.8) is 0 Å². The van der Waals surface area contributed by atoms with Gasteiger partial charge in [-0.15, -0.1) is 0 Å². The number of hydrogen-bond donors (Lipinski definition) is 1. The highest BCUT2D eigenvalue weighted by molar-refractivity contribution is 4.97. The summed E-state index contributed by atoms with van der Waals surface area (Å²) in [7, 11) is 2.25. The molecular formula is C10H20N2. The first-order valence-corrected chi connectivity index (χ1v) is 5.10. The molecule has 2 aliphatic heterocycles. The summed E-state index contributed by atoms with van der Waals surface area (Å²) in [6, 6.07) is 0.778. The van der Waals surface area contributed by atoms with Gasteiger partial charge in [0.05, 0.1) is 0 Å². The van der Waals surface area contributed by atoms with E-state index in [2.05, 4.69) is 31.1 Å². The van der Waals surface area contributed by atoms with Gasteiger partial charge >= 0.3 is 0 Å². The van der Waals surface area contributed by atoms with E-state index in [1.54, 1.807) is 0 Å². The van der Waals surface area contributed by atoms with Crippen LogP contribution in [-0.4, -0.2) is 37.6 Å². The van der Waals surface area contributed by atoms with E-state index in [9.17, 15) is 0 Å². The zero-order chi connectivity index (χ0) is 8.72. The molecule has 0 aliphatic carbocycles. The smallest absolute Gasteiger partial charge is 0.0134 e. The molecule has 2 saturated heterocycles. The van der Waals surface area contributed by atoms with Crippen LogP contribution in [0.5, 0.6) is 0 Å². The van der Waals surface area contributed by atoms with Gasteiger partial charge in [0.25, 0.3) is 0 Å². The Labute approximate surface area is 75.3 Å². The van der Waals surface area contributed by atoms with Crippen molar-refractivity contribution in [2.75, 3.05) is 26.7 Å². The summed E-state index contributed by atoms with van der Waals surface area (Å²) in [6.45, 7) is 8.52. The summed E-state index contributed by atoms with van der Waals surface area (Å²) in [6.07, 6.45) is 0. The van der Waals surface area contributed by atoms with Crippen LogP contribution in [0.15, 0.2) is 0 Å². The van der Waals surface area contributed by atoms with Gasteiger partial charge in [-0.2, -0.15) is 0 Å². The first-order valence-electron chi connectivity index (χ1n) is 5.10. The molecule has 0 radical (unpaired) electrons. The second-order valence-electron chi connectivity index (χ2n) is 4.82. The molecule has 2 aliphatic rings. The van der Waals surface area contributed by atoms with E-state index in [-0.39, 0.29) is 0 Å². The van der Waals surface area contributed by atoms with Gasteiger partial charge < -0.3 is 10.2 Å². The minimum absolute atomic E-state index is 0.778. The predicted molar refractivity (Wildman–Crippen MR) is 51.1 cm³/mol. The zero-order valence-electron chi connectivity index (χ0n) is 8.38. The van der Waals surface area contributed by atoms with Crippen LogP contribution < -0.4 is 5.32 Å². The lowest BCUT2D eigenvalue weighted by Gasteiger charge is -2.22. The van der Waals surface area contributed by atoms with Gasteiger partial charge in [0.2, 0.25) is 0 Å². The number of hydrogen-bond acceptors (Lipinski definition) is 2. The molecule has 0 aromatic rings. The summed E-state index contributed by atoms with van der Waals surface area (Å²) in [5.41, 5.74) is 0. The maximum atomic E-state index is 3.65. The number of fused-ring (bicyclic) bond motifs is 1. The number of nitrogens with one attached hydrogen (secondary N) is 1. The molecule has 2 nitrogen and oxygen atoms in total. The normalized spacial score (nSPS) is 42.5. The SMILES string of the molecule is CC(C)[C@@H]1NC[C@H]2CN(C)C[C@H]21. The van der Waals surface area contributed by atoms with Crippen molar-refractivity contribution in [1.82, 2.24) is 10.2 Å². The van der Waals surface area contributed by atoms with E-state index in [0.29, 0.717) is 0 Å². The van der Waals surface area contributed by atoms with Crippen molar-refractivity contribution in [3.8, 4) is 0 Å². The first-order chi connectivity index (χ1) is 5.68. The molecule has 0 aromatic heterocycles. The van der Waals surface area contributed by atoms with E-state index < -0.39 is 0 Å². The Morgan fingerprint density at radius 2 is 2.08 bits per heavy atom. The molecule has 0 saturated carbocycles. The molecule has 2 rings (SSSR count). The Balaban J connectivity index is 2.03. The van der Waals surface area contributed by atoms with Crippen LogP contribution in [-0.2, 0) is 0 Å². The Hall–Kier alpha value is -0.0800. The van der Waals surface area contributed by atoms with Crippen molar-refractivity contribution in [3.05, 3.63) is 0 Å². The summed E-state index contributed by atoms with van der Waals surface area (Å²) in [5.74, 6) is 2.66. The largest absolute Gasteiger partial charge is 0.313 e. The first kappa shape index (κ1) is 8.52. The van der Waals surface area contributed by atoms with Gasteiger partial charge in [0.15, 0.2) is 0 Å². The molecule has 0 aromatic carbocycles. The molecule has 3 atom stereocenters. The Bertz CT molecular complexity index is 167. The standard InChI is InChI=1S/C10H20N2/c1-7(2)10-9-6-12(3)5-8(9)4-11-10/h7-11H,4-6H2,1-3H3/t8-,9+,10-/m0/s1. The van der Waals surface area contributed by atoms with Crippen LogP contribution in [0.4, 0.5) is 0 Å². The highest BCUT2D eigenvalue weighted by atomic mass is 15.2. The third kappa shape index (κ3) is 1.27. The predicted octanol–water partition coefficient (Wildman–Crippen LogP) is 0.792. The fourth-order valence-electron chi connectivity index (χ4n) is 2.91. The van der Waals surface area contributed by atoms with Crippen molar-refractivity contribution < 1.29 is 0 Å². The van der Waals surface area contributed by atoms with Crippen LogP contribution in [0, 0.1) is 17.8 Å². The van der Waals surface area contributed by atoms with Crippen molar-refractivity contribution in [1.29, 1.82) is 0 Å². The molecule has 2 heteroatoms. The summed E-state index contributed by atoms with van der Waals surface area (Å²) >= 11 is 0. The Kier molecular flexibility index (Phi) is 2.13. The van der Waals surface area contributed by atoms with Gasteiger partial charge in [-0.3, -0.25) is 0 Å². The van der Waals surface area contributed by atoms with Gasteiger partial charge in [-0.25, -0.2) is 0 Å². The van der Waals surface area contributed by atoms with Crippen molar-refractivity contribution >= 4 is 0 Å². The minimum atomic E-state index is 0.778. The number of nitrogens with zero attached hydrogens (tertiary/aromatic N) is 1. The molecule has 0 bridgehead atoms. The molecular weight excluding hydrogens is 148 g/mol. The zero-order valence-corrected chi connectivity index (χ0v) is 8.38. The molecule has 0 unspecified atom stereocenters. The minimum Gasteiger partial charge on any atom is -0.313 e. The molecule has 1 N–H and O–H groups in total. The maximum absolute atomic E-state index is 3.65. The molecule has 12 heavy (non-hydrogen) atoms. The quantitative estimate of drug-likeness (QED) is 0.623. The van der Waals surface area contributed by atoms with Crippen molar-refractivity contribution in [2.24, 2.45) is 17.8 Å². The third-order valence-corrected chi connectivity index (χ3v) is 3.47. The lowest BCUT2D eigenvalue weighted by atomic mass is 9.88. The van der Waals surface area contributed by atoms with E-state index in [1.165, 1.54) is 19.6 Å².